The molecular formula is C14H17NO4. The summed E-state index contributed by atoms with van der Waals surface area (Å²) in [6.45, 7) is 2.21. The minimum absolute atomic E-state index is 0.227. The van der Waals surface area contributed by atoms with Gasteiger partial charge in [0.15, 0.2) is 12.4 Å². The molecule has 0 aromatic heterocycles. The number of hydrogen-bond donors (Lipinski definition) is 0. The van der Waals surface area contributed by atoms with Crippen molar-refractivity contribution in [3.05, 3.63) is 35.9 Å². The van der Waals surface area contributed by atoms with E-state index in [4.69, 9.17) is 14.2 Å². The van der Waals surface area contributed by atoms with Crippen molar-refractivity contribution in [3.63, 3.8) is 0 Å². The quantitative estimate of drug-likeness (QED) is 0.754. The number of rotatable bonds is 3. The van der Waals surface area contributed by atoms with E-state index in [1.54, 1.807) is 0 Å². The number of carbonyl (C=O) groups is 1. The zero-order valence-electron chi connectivity index (χ0n) is 10.8. The van der Waals surface area contributed by atoms with E-state index >= 15 is 0 Å². The number of nitrogens with zero attached hydrogens (tertiary/aromatic N) is 1. The van der Waals surface area contributed by atoms with Crippen molar-refractivity contribution in [1.29, 1.82) is 0 Å². The van der Waals surface area contributed by atoms with Crippen LogP contribution in [-0.4, -0.2) is 49.6 Å². The molecule has 3 rings (SSSR count). The van der Waals surface area contributed by atoms with Crippen LogP contribution in [0.5, 0.6) is 0 Å². The summed E-state index contributed by atoms with van der Waals surface area (Å²) >= 11 is 0. The number of carbonyl (C=O) groups excluding carboxylic acids is 1. The number of ether oxygens (including phenoxy) is 3. The monoisotopic (exact) mass is 263 g/mol. The molecule has 1 aromatic carbocycles. The number of morpholine rings is 1. The summed E-state index contributed by atoms with van der Waals surface area (Å²) in [7, 11) is 1.37. The molecule has 0 unspecified atom stereocenters. The molecule has 5 heteroatoms. The molecule has 2 aliphatic rings. The lowest BCUT2D eigenvalue weighted by Gasteiger charge is -2.30. The smallest absolute Gasteiger partial charge is 0.337 e. The molecule has 2 fully saturated rings. The molecule has 0 aliphatic carbocycles. The van der Waals surface area contributed by atoms with Crippen LogP contribution in [0.2, 0.25) is 0 Å². The summed E-state index contributed by atoms with van der Waals surface area (Å²) in [6, 6.07) is 10.2. The molecule has 1 aromatic rings. The molecule has 2 heterocycles. The molecular weight excluding hydrogens is 246 g/mol. The molecule has 19 heavy (non-hydrogen) atoms. The normalized spacial score (nSPS) is 30.3. The van der Waals surface area contributed by atoms with Gasteiger partial charge in [-0.2, -0.15) is 0 Å². The van der Waals surface area contributed by atoms with Crippen LogP contribution < -0.4 is 0 Å². The Labute approximate surface area is 112 Å². The van der Waals surface area contributed by atoms with Crippen LogP contribution in [0, 0.1) is 0 Å². The highest BCUT2D eigenvalue weighted by Crippen LogP contribution is 2.27. The fraction of sp³-hybridized carbons (Fsp3) is 0.500. The Morgan fingerprint density at radius 3 is 2.84 bits per heavy atom. The highest BCUT2D eigenvalue weighted by Gasteiger charge is 2.46. The van der Waals surface area contributed by atoms with Gasteiger partial charge in [0.2, 0.25) is 0 Å². The molecule has 2 bridgehead atoms. The SMILES string of the molecule is COC(=O)[C@@H]1O[C@H]2CN(Cc3ccccc3)C[C@@H]1O2. The van der Waals surface area contributed by atoms with Crippen molar-refractivity contribution < 1.29 is 19.0 Å². The molecule has 0 spiro atoms. The largest absolute Gasteiger partial charge is 0.467 e. The van der Waals surface area contributed by atoms with Crippen LogP contribution in [0.4, 0.5) is 0 Å². The van der Waals surface area contributed by atoms with Gasteiger partial charge in [-0.1, -0.05) is 30.3 Å². The lowest BCUT2D eigenvalue weighted by Crippen LogP contribution is -2.45. The van der Waals surface area contributed by atoms with E-state index in [2.05, 4.69) is 17.0 Å². The lowest BCUT2D eigenvalue weighted by atomic mass is 10.1. The van der Waals surface area contributed by atoms with Crippen molar-refractivity contribution in [2.45, 2.75) is 25.0 Å². The summed E-state index contributed by atoms with van der Waals surface area (Å²) in [6.07, 6.45) is -1.14. The minimum atomic E-state index is -0.587. The number of methoxy groups -OCH3 is 1. The third-order valence-electron chi connectivity index (χ3n) is 3.49. The zero-order chi connectivity index (χ0) is 13.2. The van der Waals surface area contributed by atoms with Crippen LogP contribution in [-0.2, 0) is 25.5 Å². The standard InChI is InChI=1S/C14H17NO4/c1-17-14(16)13-11-8-15(9-12(18-11)19-13)7-10-5-3-2-4-6-10/h2-6,11-13H,7-9H2,1H3/t11-,12-,13+/m0/s1. The summed E-state index contributed by atoms with van der Waals surface area (Å²) in [4.78, 5) is 13.8. The van der Waals surface area contributed by atoms with Crippen LogP contribution >= 0.6 is 0 Å². The Morgan fingerprint density at radius 2 is 2.11 bits per heavy atom. The predicted octanol–water partition coefficient (Wildman–Crippen LogP) is 0.785. The Kier molecular flexibility index (Phi) is 3.50. The van der Waals surface area contributed by atoms with Crippen LogP contribution in [0.3, 0.4) is 0 Å². The average molecular weight is 263 g/mol. The van der Waals surface area contributed by atoms with Crippen molar-refractivity contribution in [2.75, 3.05) is 20.2 Å². The van der Waals surface area contributed by atoms with Crippen LogP contribution in [0.25, 0.3) is 0 Å². The van der Waals surface area contributed by atoms with E-state index in [1.807, 2.05) is 18.2 Å². The fourth-order valence-corrected chi connectivity index (χ4v) is 2.61. The van der Waals surface area contributed by atoms with E-state index in [0.29, 0.717) is 13.1 Å². The van der Waals surface area contributed by atoms with Crippen molar-refractivity contribution in [3.8, 4) is 0 Å². The first-order valence-electron chi connectivity index (χ1n) is 6.41. The van der Waals surface area contributed by atoms with Gasteiger partial charge in [0.25, 0.3) is 0 Å². The highest BCUT2D eigenvalue weighted by atomic mass is 16.7. The van der Waals surface area contributed by atoms with Crippen molar-refractivity contribution >= 4 is 5.97 Å². The van der Waals surface area contributed by atoms with Gasteiger partial charge in [0.05, 0.1) is 13.7 Å². The Morgan fingerprint density at radius 1 is 1.32 bits per heavy atom. The summed E-state index contributed by atoms with van der Waals surface area (Å²) in [5.41, 5.74) is 1.25. The van der Waals surface area contributed by atoms with Gasteiger partial charge in [-0.05, 0) is 5.56 Å². The minimum Gasteiger partial charge on any atom is -0.467 e. The molecule has 0 radical (unpaired) electrons. The van der Waals surface area contributed by atoms with Gasteiger partial charge < -0.3 is 14.2 Å². The average Bonchev–Trinajstić information content (AvgIpc) is 2.74. The van der Waals surface area contributed by atoms with Gasteiger partial charge >= 0.3 is 5.97 Å². The maximum Gasteiger partial charge on any atom is 0.337 e. The van der Waals surface area contributed by atoms with E-state index in [9.17, 15) is 4.79 Å². The first kappa shape index (κ1) is 12.6. The topological polar surface area (TPSA) is 48.0 Å². The summed E-state index contributed by atoms with van der Waals surface area (Å²) < 4.78 is 15.9. The number of esters is 1. The third kappa shape index (κ3) is 2.63. The molecule has 0 saturated carbocycles. The van der Waals surface area contributed by atoms with E-state index < -0.39 is 6.10 Å². The van der Waals surface area contributed by atoms with E-state index in [-0.39, 0.29) is 18.4 Å². The summed E-state index contributed by atoms with van der Waals surface area (Å²) in [5, 5.41) is 0. The number of benzene rings is 1. The molecule has 5 nitrogen and oxygen atoms in total. The first-order valence-corrected chi connectivity index (χ1v) is 6.41. The Hall–Kier alpha value is -1.43. The molecule has 2 aliphatic heterocycles. The lowest BCUT2D eigenvalue weighted by molar-refractivity contribution is -0.154. The maximum atomic E-state index is 11.6. The van der Waals surface area contributed by atoms with Gasteiger partial charge in [-0.3, -0.25) is 4.90 Å². The highest BCUT2D eigenvalue weighted by molar-refractivity contribution is 5.75. The molecule has 102 valence electrons. The first-order chi connectivity index (χ1) is 9.26. The second-order valence-corrected chi connectivity index (χ2v) is 4.86. The Bertz CT molecular complexity index is 450. The molecule has 0 N–H and O–H groups in total. The number of hydrogen-bond acceptors (Lipinski definition) is 5. The van der Waals surface area contributed by atoms with Crippen molar-refractivity contribution in [2.24, 2.45) is 0 Å². The van der Waals surface area contributed by atoms with E-state index in [0.717, 1.165) is 6.54 Å². The molecule has 3 atom stereocenters. The fourth-order valence-electron chi connectivity index (χ4n) is 2.61. The molecule has 0 amide bonds. The second-order valence-electron chi connectivity index (χ2n) is 4.86. The van der Waals surface area contributed by atoms with Gasteiger partial charge in [-0.15, -0.1) is 0 Å². The maximum absolute atomic E-state index is 11.6. The van der Waals surface area contributed by atoms with Gasteiger partial charge in [0, 0.05) is 13.1 Å². The second kappa shape index (κ2) is 5.28. The van der Waals surface area contributed by atoms with Crippen molar-refractivity contribution in [1.82, 2.24) is 4.90 Å². The van der Waals surface area contributed by atoms with E-state index in [1.165, 1.54) is 12.7 Å². The van der Waals surface area contributed by atoms with Crippen LogP contribution in [0.1, 0.15) is 5.56 Å². The predicted molar refractivity (Wildman–Crippen MR) is 67.3 cm³/mol. The number of fused-ring (bicyclic) bond motifs is 2. The van der Waals surface area contributed by atoms with Crippen LogP contribution in [0.15, 0.2) is 30.3 Å². The third-order valence-corrected chi connectivity index (χ3v) is 3.49. The van der Waals surface area contributed by atoms with Gasteiger partial charge in [0.1, 0.15) is 6.10 Å². The Balaban J connectivity index is 1.64. The summed E-state index contributed by atoms with van der Waals surface area (Å²) in [5.74, 6) is -0.353. The van der Waals surface area contributed by atoms with Gasteiger partial charge in [-0.25, -0.2) is 4.79 Å². The molecule has 2 saturated heterocycles. The zero-order valence-corrected chi connectivity index (χ0v) is 10.8.